The lowest BCUT2D eigenvalue weighted by atomic mass is 10.1. The van der Waals surface area contributed by atoms with Gasteiger partial charge in [0, 0.05) is 24.2 Å². The molecule has 1 fully saturated rings. The molecule has 1 aliphatic rings. The summed E-state index contributed by atoms with van der Waals surface area (Å²) < 4.78 is 7.57. The van der Waals surface area contributed by atoms with Gasteiger partial charge < -0.3 is 4.74 Å². The molecule has 1 aromatic carbocycles. The number of rotatable bonds is 5. The normalized spacial score (nSPS) is 15.4. The molecule has 0 unspecified atom stereocenters. The Hall–Kier alpha value is -2.13. The molecule has 2 heterocycles. The van der Waals surface area contributed by atoms with Gasteiger partial charge in [-0.2, -0.15) is 0 Å². The Morgan fingerprint density at radius 2 is 1.74 bits per heavy atom. The minimum Gasteiger partial charge on any atom is -0.496 e. The van der Waals surface area contributed by atoms with Crippen LogP contribution in [0.25, 0.3) is 12.2 Å². The van der Waals surface area contributed by atoms with Crippen molar-refractivity contribution in [2.75, 3.05) is 20.2 Å². The van der Waals surface area contributed by atoms with Gasteiger partial charge >= 0.3 is 0 Å². The van der Waals surface area contributed by atoms with Crippen molar-refractivity contribution in [3.05, 3.63) is 59.4 Å². The second kappa shape index (κ2) is 7.42. The van der Waals surface area contributed by atoms with Gasteiger partial charge in [-0.3, -0.25) is 4.90 Å². The first-order valence-corrected chi connectivity index (χ1v) is 8.27. The van der Waals surface area contributed by atoms with Crippen molar-refractivity contribution in [1.82, 2.24) is 4.90 Å². The highest BCUT2D eigenvalue weighted by Gasteiger charge is 2.14. The summed E-state index contributed by atoms with van der Waals surface area (Å²) in [6.07, 6.45) is 11.1. The maximum absolute atomic E-state index is 5.53. The predicted octanol–water partition coefficient (Wildman–Crippen LogP) is 3.29. The molecule has 23 heavy (non-hydrogen) atoms. The molecule has 3 rings (SSSR count). The summed E-state index contributed by atoms with van der Waals surface area (Å²) in [6, 6.07) is 10.7. The molecular formula is C20H25N2O+. The van der Waals surface area contributed by atoms with Crippen molar-refractivity contribution in [3.8, 4) is 5.75 Å². The van der Waals surface area contributed by atoms with Crippen LogP contribution in [0.1, 0.15) is 29.5 Å². The van der Waals surface area contributed by atoms with Crippen LogP contribution in [0.2, 0.25) is 0 Å². The van der Waals surface area contributed by atoms with Crippen LogP contribution in [-0.2, 0) is 13.6 Å². The smallest absolute Gasteiger partial charge is 0.169 e. The monoisotopic (exact) mass is 309 g/mol. The van der Waals surface area contributed by atoms with E-state index in [1.807, 2.05) is 11.6 Å². The second-order valence-corrected chi connectivity index (χ2v) is 6.18. The number of likely N-dealkylation sites (tertiary alicyclic amines) is 1. The van der Waals surface area contributed by atoms with Crippen LogP contribution in [0, 0.1) is 0 Å². The van der Waals surface area contributed by atoms with Crippen LogP contribution in [0.15, 0.2) is 42.7 Å². The molecule has 0 amide bonds. The number of pyridine rings is 1. The number of hydrogen-bond donors (Lipinski definition) is 0. The molecule has 1 aliphatic heterocycles. The lowest BCUT2D eigenvalue weighted by Gasteiger charge is -2.17. The van der Waals surface area contributed by atoms with Gasteiger partial charge in [-0.05, 0) is 49.2 Å². The summed E-state index contributed by atoms with van der Waals surface area (Å²) in [4.78, 5) is 2.50. The second-order valence-electron chi connectivity index (χ2n) is 6.18. The lowest BCUT2D eigenvalue weighted by molar-refractivity contribution is -0.671. The SMILES string of the molecule is COc1ccc(/C=C/c2cc[n+](C)cc2)cc1CN1CCCC1. The molecule has 0 N–H and O–H groups in total. The number of nitrogens with zero attached hydrogens (tertiary/aromatic N) is 2. The van der Waals surface area contributed by atoms with E-state index < -0.39 is 0 Å². The molecular weight excluding hydrogens is 284 g/mol. The summed E-state index contributed by atoms with van der Waals surface area (Å²) in [7, 11) is 3.78. The third-order valence-electron chi connectivity index (χ3n) is 4.37. The van der Waals surface area contributed by atoms with Gasteiger partial charge in [-0.25, -0.2) is 4.57 Å². The standard InChI is InChI=1S/C20H25N2O/c1-21-13-9-17(10-14-21)5-6-18-7-8-20(23-2)19(15-18)16-22-11-3-4-12-22/h5-10,13-15H,3-4,11-12,16H2,1-2H3/q+1/b6-5+. The zero-order chi connectivity index (χ0) is 16.1. The number of aryl methyl sites for hydroxylation is 1. The third-order valence-corrected chi connectivity index (χ3v) is 4.37. The highest BCUT2D eigenvalue weighted by Crippen LogP contribution is 2.24. The van der Waals surface area contributed by atoms with E-state index in [0.717, 1.165) is 12.3 Å². The van der Waals surface area contributed by atoms with Gasteiger partial charge in [0.1, 0.15) is 12.8 Å². The molecule has 0 bridgehead atoms. The zero-order valence-corrected chi connectivity index (χ0v) is 14.0. The fourth-order valence-corrected chi connectivity index (χ4v) is 3.02. The number of benzene rings is 1. The summed E-state index contributed by atoms with van der Waals surface area (Å²) in [5.74, 6) is 0.987. The van der Waals surface area contributed by atoms with Crippen LogP contribution in [0.4, 0.5) is 0 Å². The van der Waals surface area contributed by atoms with Gasteiger partial charge in [0.05, 0.1) is 7.11 Å². The number of ether oxygens (including phenoxy) is 1. The van der Waals surface area contributed by atoms with Gasteiger partial charge in [-0.1, -0.05) is 18.2 Å². The number of aromatic nitrogens is 1. The van der Waals surface area contributed by atoms with E-state index in [1.165, 1.54) is 42.6 Å². The quantitative estimate of drug-likeness (QED) is 0.788. The molecule has 120 valence electrons. The van der Waals surface area contributed by atoms with E-state index in [1.54, 1.807) is 7.11 Å². The average molecular weight is 309 g/mol. The molecule has 0 spiro atoms. The van der Waals surface area contributed by atoms with Crippen LogP contribution in [0.5, 0.6) is 5.75 Å². The minimum absolute atomic E-state index is 0.978. The minimum atomic E-state index is 0.978. The Bertz CT molecular complexity index is 671. The van der Waals surface area contributed by atoms with Crippen molar-refractivity contribution in [3.63, 3.8) is 0 Å². The van der Waals surface area contributed by atoms with E-state index in [0.29, 0.717) is 0 Å². The Morgan fingerprint density at radius 1 is 1.04 bits per heavy atom. The first-order valence-electron chi connectivity index (χ1n) is 8.27. The maximum Gasteiger partial charge on any atom is 0.169 e. The summed E-state index contributed by atoms with van der Waals surface area (Å²) >= 11 is 0. The number of methoxy groups -OCH3 is 1. The van der Waals surface area contributed by atoms with Crippen LogP contribution in [0.3, 0.4) is 0 Å². The molecule has 0 aliphatic carbocycles. The van der Waals surface area contributed by atoms with Gasteiger partial charge in [-0.15, -0.1) is 0 Å². The topological polar surface area (TPSA) is 16.4 Å². The van der Waals surface area contributed by atoms with E-state index >= 15 is 0 Å². The number of hydrogen-bond acceptors (Lipinski definition) is 2. The van der Waals surface area contributed by atoms with E-state index in [-0.39, 0.29) is 0 Å². The average Bonchev–Trinajstić information content (AvgIpc) is 3.07. The van der Waals surface area contributed by atoms with Crippen molar-refractivity contribution in [2.45, 2.75) is 19.4 Å². The molecule has 1 aromatic heterocycles. The van der Waals surface area contributed by atoms with Crippen molar-refractivity contribution in [1.29, 1.82) is 0 Å². The third kappa shape index (κ3) is 4.20. The first kappa shape index (κ1) is 15.8. The van der Waals surface area contributed by atoms with Gasteiger partial charge in [0.25, 0.3) is 0 Å². The van der Waals surface area contributed by atoms with Crippen LogP contribution < -0.4 is 9.30 Å². The van der Waals surface area contributed by atoms with Crippen molar-refractivity contribution in [2.24, 2.45) is 7.05 Å². The van der Waals surface area contributed by atoms with Gasteiger partial charge in [0.15, 0.2) is 12.4 Å². The lowest BCUT2D eigenvalue weighted by Crippen LogP contribution is -2.25. The van der Waals surface area contributed by atoms with Crippen molar-refractivity contribution >= 4 is 12.2 Å². The van der Waals surface area contributed by atoms with E-state index in [2.05, 4.69) is 59.8 Å². The zero-order valence-electron chi connectivity index (χ0n) is 14.0. The molecule has 0 radical (unpaired) electrons. The molecule has 2 aromatic rings. The highest BCUT2D eigenvalue weighted by atomic mass is 16.5. The Morgan fingerprint density at radius 3 is 2.43 bits per heavy atom. The Balaban J connectivity index is 1.77. The molecule has 0 saturated carbocycles. The van der Waals surface area contributed by atoms with E-state index in [4.69, 9.17) is 4.74 Å². The largest absolute Gasteiger partial charge is 0.496 e. The van der Waals surface area contributed by atoms with E-state index in [9.17, 15) is 0 Å². The van der Waals surface area contributed by atoms with Crippen LogP contribution >= 0.6 is 0 Å². The predicted molar refractivity (Wildman–Crippen MR) is 94.1 cm³/mol. The maximum atomic E-state index is 5.53. The molecule has 1 saturated heterocycles. The van der Waals surface area contributed by atoms with Crippen LogP contribution in [-0.4, -0.2) is 25.1 Å². The summed E-state index contributed by atoms with van der Waals surface area (Å²) in [5.41, 5.74) is 3.70. The molecule has 0 atom stereocenters. The van der Waals surface area contributed by atoms with Crippen molar-refractivity contribution < 1.29 is 9.30 Å². The summed E-state index contributed by atoms with van der Waals surface area (Å²) in [6.45, 7) is 3.38. The Labute approximate surface area is 138 Å². The summed E-state index contributed by atoms with van der Waals surface area (Å²) in [5, 5.41) is 0. The van der Waals surface area contributed by atoms with Gasteiger partial charge in [0.2, 0.25) is 0 Å². The first-order chi connectivity index (χ1) is 11.2. The molecule has 3 heteroatoms. The fourth-order valence-electron chi connectivity index (χ4n) is 3.02. The fraction of sp³-hybridized carbons (Fsp3) is 0.350. The Kier molecular flexibility index (Phi) is 5.09. The molecule has 3 nitrogen and oxygen atoms in total. The highest BCUT2D eigenvalue weighted by molar-refractivity contribution is 5.70.